The zero-order valence-corrected chi connectivity index (χ0v) is 17.6. The molecular weight excluding hydrogens is 340 g/mol. The first-order valence-electron chi connectivity index (χ1n) is 9.91. The Hall–Kier alpha value is -1.79. The average Bonchev–Trinajstić information content (AvgIpc) is 2.67. The monoisotopic (exact) mass is 376 g/mol. The van der Waals surface area contributed by atoms with Crippen molar-refractivity contribution < 1.29 is 9.47 Å². The molecule has 0 atom stereocenters. The fraction of sp³-hybridized carbons (Fsp3) is 0.667. The molecule has 1 heterocycles. The molecule has 0 radical (unpaired) electrons. The minimum absolute atomic E-state index is 0.0837. The van der Waals surface area contributed by atoms with Crippen LogP contribution in [0.1, 0.15) is 30.9 Å². The highest BCUT2D eigenvalue weighted by Gasteiger charge is 2.34. The number of hydrogen-bond donors (Lipinski definition) is 2. The number of ether oxygens (including phenoxy) is 2. The molecule has 6 nitrogen and oxygen atoms in total. The van der Waals surface area contributed by atoms with Crippen LogP contribution in [0, 0.1) is 6.92 Å². The van der Waals surface area contributed by atoms with Gasteiger partial charge in [0.2, 0.25) is 0 Å². The summed E-state index contributed by atoms with van der Waals surface area (Å²) in [4.78, 5) is 7.19. The van der Waals surface area contributed by atoms with Gasteiger partial charge in [-0.25, -0.2) is 0 Å². The molecule has 1 aliphatic heterocycles. The lowest BCUT2D eigenvalue weighted by Gasteiger charge is -2.41. The second-order valence-electron chi connectivity index (χ2n) is 7.42. The van der Waals surface area contributed by atoms with Crippen LogP contribution in [-0.2, 0) is 11.2 Å². The summed E-state index contributed by atoms with van der Waals surface area (Å²) in [7, 11) is 6.01. The molecule has 2 rings (SSSR count). The number of methoxy groups -OCH3 is 1. The first-order chi connectivity index (χ1) is 13.0. The molecule has 0 aromatic heterocycles. The molecule has 0 aliphatic carbocycles. The molecule has 1 aliphatic rings. The van der Waals surface area contributed by atoms with Crippen LogP contribution in [0.25, 0.3) is 0 Å². The number of rotatable bonds is 8. The number of benzene rings is 1. The summed E-state index contributed by atoms with van der Waals surface area (Å²) in [5.74, 6) is 1.81. The second kappa shape index (κ2) is 10.5. The second-order valence-corrected chi connectivity index (χ2v) is 7.42. The van der Waals surface area contributed by atoms with E-state index in [1.807, 2.05) is 6.07 Å². The van der Waals surface area contributed by atoms with E-state index >= 15 is 0 Å². The van der Waals surface area contributed by atoms with E-state index in [1.165, 1.54) is 11.1 Å². The highest BCUT2D eigenvalue weighted by Crippen LogP contribution is 2.26. The Bertz CT molecular complexity index is 610. The SMILES string of the molecule is CCNC(=NCC1(N(C)C)CCOCC1)NCCc1cc(C)ccc1OC. The van der Waals surface area contributed by atoms with E-state index in [9.17, 15) is 0 Å². The number of aryl methyl sites for hydroxylation is 1. The van der Waals surface area contributed by atoms with Crippen molar-refractivity contribution in [3.8, 4) is 5.75 Å². The van der Waals surface area contributed by atoms with Crippen LogP contribution < -0.4 is 15.4 Å². The molecule has 0 unspecified atom stereocenters. The summed E-state index contributed by atoms with van der Waals surface area (Å²) in [6.45, 7) is 8.25. The lowest BCUT2D eigenvalue weighted by molar-refractivity contribution is -0.00254. The maximum absolute atomic E-state index is 5.56. The van der Waals surface area contributed by atoms with Gasteiger partial charge in [-0.2, -0.15) is 0 Å². The predicted octanol–water partition coefficient (Wildman–Crippen LogP) is 2.21. The molecule has 27 heavy (non-hydrogen) atoms. The normalized spacial score (nSPS) is 17.0. The van der Waals surface area contributed by atoms with Crippen molar-refractivity contribution in [2.24, 2.45) is 4.99 Å². The third kappa shape index (κ3) is 6.11. The number of likely N-dealkylation sites (N-methyl/N-ethyl adjacent to an activating group) is 1. The smallest absolute Gasteiger partial charge is 0.191 e. The molecule has 2 N–H and O–H groups in total. The van der Waals surface area contributed by atoms with Crippen LogP contribution in [0.2, 0.25) is 0 Å². The van der Waals surface area contributed by atoms with Crippen molar-refractivity contribution in [3.63, 3.8) is 0 Å². The lowest BCUT2D eigenvalue weighted by atomic mass is 9.89. The van der Waals surface area contributed by atoms with E-state index in [0.29, 0.717) is 0 Å². The number of hydrogen-bond acceptors (Lipinski definition) is 4. The number of nitrogens with one attached hydrogen (secondary N) is 2. The van der Waals surface area contributed by atoms with Gasteiger partial charge in [-0.15, -0.1) is 0 Å². The summed E-state index contributed by atoms with van der Waals surface area (Å²) in [6, 6.07) is 6.31. The standard InChI is InChI=1S/C21H36N4O2/c1-6-22-20(24-16-21(25(3)4)10-13-27-14-11-21)23-12-9-18-15-17(2)7-8-19(18)26-5/h7-8,15H,6,9-14,16H2,1-5H3,(H2,22,23,24). The highest BCUT2D eigenvalue weighted by atomic mass is 16.5. The quantitative estimate of drug-likeness (QED) is 0.538. The van der Waals surface area contributed by atoms with Gasteiger partial charge in [0.15, 0.2) is 5.96 Å². The van der Waals surface area contributed by atoms with Crippen LogP contribution in [0.5, 0.6) is 5.75 Å². The molecule has 0 bridgehead atoms. The average molecular weight is 377 g/mol. The highest BCUT2D eigenvalue weighted by molar-refractivity contribution is 5.79. The van der Waals surface area contributed by atoms with E-state index in [4.69, 9.17) is 14.5 Å². The Morgan fingerprint density at radius 3 is 2.63 bits per heavy atom. The molecule has 0 amide bonds. The first-order valence-corrected chi connectivity index (χ1v) is 9.91. The minimum Gasteiger partial charge on any atom is -0.496 e. The number of guanidine groups is 1. The zero-order chi connectivity index (χ0) is 19.7. The van der Waals surface area contributed by atoms with Crippen LogP contribution in [-0.4, -0.2) is 70.5 Å². The lowest BCUT2D eigenvalue weighted by Crippen LogP contribution is -2.51. The zero-order valence-electron chi connectivity index (χ0n) is 17.6. The third-order valence-corrected chi connectivity index (χ3v) is 5.37. The molecule has 6 heteroatoms. The number of nitrogens with zero attached hydrogens (tertiary/aromatic N) is 2. The van der Waals surface area contributed by atoms with Gasteiger partial charge in [0, 0.05) is 31.8 Å². The largest absolute Gasteiger partial charge is 0.496 e. The van der Waals surface area contributed by atoms with Crippen LogP contribution in [0.15, 0.2) is 23.2 Å². The van der Waals surface area contributed by atoms with E-state index < -0.39 is 0 Å². The van der Waals surface area contributed by atoms with Gasteiger partial charge in [0.25, 0.3) is 0 Å². The van der Waals surface area contributed by atoms with Gasteiger partial charge in [0.05, 0.1) is 13.7 Å². The van der Waals surface area contributed by atoms with Gasteiger partial charge in [-0.3, -0.25) is 4.99 Å². The Kier molecular flexibility index (Phi) is 8.38. The van der Waals surface area contributed by atoms with E-state index in [1.54, 1.807) is 7.11 Å². The van der Waals surface area contributed by atoms with Crippen molar-refractivity contribution in [3.05, 3.63) is 29.3 Å². The number of aliphatic imine (C=N–C) groups is 1. The Labute approximate surface area is 164 Å². The van der Waals surface area contributed by atoms with Crippen molar-refractivity contribution in [2.45, 2.75) is 38.6 Å². The predicted molar refractivity (Wildman–Crippen MR) is 112 cm³/mol. The maximum atomic E-state index is 5.56. The van der Waals surface area contributed by atoms with Crippen LogP contribution >= 0.6 is 0 Å². The van der Waals surface area contributed by atoms with Gasteiger partial charge < -0.3 is 25.0 Å². The maximum Gasteiger partial charge on any atom is 0.191 e. The Morgan fingerprint density at radius 1 is 1.26 bits per heavy atom. The van der Waals surface area contributed by atoms with Gasteiger partial charge in [0.1, 0.15) is 5.75 Å². The third-order valence-electron chi connectivity index (χ3n) is 5.37. The van der Waals surface area contributed by atoms with Crippen LogP contribution in [0.4, 0.5) is 0 Å². The molecule has 1 aromatic rings. The summed E-state index contributed by atoms with van der Waals surface area (Å²) in [5, 5.41) is 6.83. The molecule has 1 saturated heterocycles. The molecule has 0 saturated carbocycles. The summed E-state index contributed by atoms with van der Waals surface area (Å²) < 4.78 is 11.0. The Balaban J connectivity index is 1.98. The summed E-state index contributed by atoms with van der Waals surface area (Å²) in [5.41, 5.74) is 2.55. The van der Waals surface area contributed by atoms with Crippen molar-refractivity contribution >= 4 is 5.96 Å². The molecule has 152 valence electrons. The van der Waals surface area contributed by atoms with Gasteiger partial charge in [-0.05, 0) is 58.8 Å². The van der Waals surface area contributed by atoms with E-state index in [-0.39, 0.29) is 5.54 Å². The fourth-order valence-corrected chi connectivity index (χ4v) is 3.48. The van der Waals surface area contributed by atoms with E-state index in [0.717, 1.165) is 63.8 Å². The first kappa shape index (κ1) is 21.5. The van der Waals surface area contributed by atoms with Gasteiger partial charge >= 0.3 is 0 Å². The van der Waals surface area contributed by atoms with Crippen LogP contribution in [0.3, 0.4) is 0 Å². The summed E-state index contributed by atoms with van der Waals surface area (Å²) >= 11 is 0. The molecular formula is C21H36N4O2. The molecule has 1 fully saturated rings. The van der Waals surface area contributed by atoms with Gasteiger partial charge in [-0.1, -0.05) is 17.7 Å². The van der Waals surface area contributed by atoms with Crippen molar-refractivity contribution in [2.75, 3.05) is 54.1 Å². The molecule has 1 aromatic carbocycles. The molecule has 0 spiro atoms. The topological polar surface area (TPSA) is 58.1 Å². The van der Waals surface area contributed by atoms with E-state index in [2.05, 4.69) is 55.6 Å². The Morgan fingerprint density at radius 2 is 2.00 bits per heavy atom. The van der Waals surface area contributed by atoms with Crippen molar-refractivity contribution in [1.82, 2.24) is 15.5 Å². The fourth-order valence-electron chi connectivity index (χ4n) is 3.48. The minimum atomic E-state index is 0.0837. The van der Waals surface area contributed by atoms with Crippen molar-refractivity contribution in [1.29, 1.82) is 0 Å². The summed E-state index contributed by atoms with van der Waals surface area (Å²) in [6.07, 6.45) is 2.93.